The average molecular weight is 455 g/mol. The third kappa shape index (κ3) is 3.63. The van der Waals surface area contributed by atoms with Crippen molar-refractivity contribution in [2.45, 2.75) is 23.5 Å². The Bertz CT molecular complexity index is 854. The van der Waals surface area contributed by atoms with Gasteiger partial charge >= 0.3 is 175 Å². The van der Waals surface area contributed by atoms with Crippen molar-refractivity contribution in [2.75, 3.05) is 13.1 Å². The summed E-state index contributed by atoms with van der Waals surface area (Å²) < 4.78 is 0. The first-order chi connectivity index (χ1) is 14.1. The van der Waals surface area contributed by atoms with Crippen molar-refractivity contribution < 1.29 is 19.2 Å². The van der Waals surface area contributed by atoms with Crippen LogP contribution in [0, 0.1) is 0 Å². The summed E-state index contributed by atoms with van der Waals surface area (Å²) in [6.07, 6.45) is 1.55. The zero-order chi connectivity index (χ0) is 20.4. The van der Waals surface area contributed by atoms with Gasteiger partial charge in [0.2, 0.25) is 0 Å². The summed E-state index contributed by atoms with van der Waals surface area (Å²) in [5, 5.41) is 1.89. The number of nitrogens with zero attached hydrogens (tertiary/aromatic N) is 2. The number of hydrogen-bond donors (Lipinski definition) is 0. The van der Waals surface area contributed by atoms with Crippen LogP contribution in [-0.2, 0) is 0 Å². The SMILES string of the molecule is O=C1c2ccccc2C(=O)N1CCC[Se]CCCN1C(=O)c2ccccc2C1=O. The summed E-state index contributed by atoms with van der Waals surface area (Å²) in [5.74, 6) is -0.820. The van der Waals surface area contributed by atoms with Crippen LogP contribution < -0.4 is 0 Å². The Labute approximate surface area is 175 Å². The number of benzene rings is 2. The van der Waals surface area contributed by atoms with Crippen LogP contribution >= 0.6 is 0 Å². The third-order valence-corrected chi connectivity index (χ3v) is 7.52. The standard InChI is InChI=1S/C22H20N2O4Se/c25-19-15-7-1-2-8-16(15)20(26)23(19)11-5-13-29-14-6-12-24-21(27)17-9-3-4-10-18(17)22(24)28/h1-4,7-10H,5-6,11-14H2. The van der Waals surface area contributed by atoms with Crippen molar-refractivity contribution in [3.63, 3.8) is 0 Å². The summed E-state index contributed by atoms with van der Waals surface area (Å²) in [6.45, 7) is 0.874. The van der Waals surface area contributed by atoms with E-state index < -0.39 is 0 Å². The molecule has 7 heteroatoms. The summed E-state index contributed by atoms with van der Waals surface area (Å²) >= 11 is 0.345. The number of amides is 4. The Hall–Kier alpha value is -2.76. The molecule has 0 aliphatic carbocycles. The predicted octanol–water partition coefficient (Wildman–Crippen LogP) is 2.90. The Morgan fingerprint density at radius 3 is 1.17 bits per heavy atom. The topological polar surface area (TPSA) is 74.8 Å². The van der Waals surface area contributed by atoms with E-state index in [-0.39, 0.29) is 23.6 Å². The average Bonchev–Trinajstić information content (AvgIpc) is 3.13. The summed E-state index contributed by atoms with van der Waals surface area (Å²) in [4.78, 5) is 51.9. The van der Waals surface area contributed by atoms with E-state index in [1.807, 2.05) is 0 Å². The molecule has 2 aromatic rings. The Balaban J connectivity index is 1.17. The first kappa shape index (κ1) is 19.6. The number of carbonyl (C=O) groups excluding carboxylic acids is 4. The molecule has 2 aliphatic rings. The van der Waals surface area contributed by atoms with E-state index in [1.165, 1.54) is 9.80 Å². The zero-order valence-electron chi connectivity index (χ0n) is 15.8. The first-order valence-electron chi connectivity index (χ1n) is 9.58. The van der Waals surface area contributed by atoms with Gasteiger partial charge in [-0.1, -0.05) is 0 Å². The van der Waals surface area contributed by atoms with Crippen LogP contribution in [-0.4, -0.2) is 61.5 Å². The summed E-state index contributed by atoms with van der Waals surface area (Å²) in [5.41, 5.74) is 1.96. The van der Waals surface area contributed by atoms with Crippen LogP contribution in [0.1, 0.15) is 54.3 Å². The first-order valence-corrected chi connectivity index (χ1v) is 12.0. The Morgan fingerprint density at radius 1 is 0.552 bits per heavy atom. The van der Waals surface area contributed by atoms with E-state index in [0.29, 0.717) is 50.3 Å². The van der Waals surface area contributed by atoms with Crippen molar-refractivity contribution in [3.05, 3.63) is 70.8 Å². The van der Waals surface area contributed by atoms with E-state index in [4.69, 9.17) is 0 Å². The minimum atomic E-state index is -0.205. The number of fused-ring (bicyclic) bond motifs is 2. The summed E-state index contributed by atoms with van der Waals surface area (Å²) in [7, 11) is 0. The molecular weight excluding hydrogens is 435 g/mol. The molecule has 6 nitrogen and oxygen atoms in total. The molecule has 2 heterocycles. The monoisotopic (exact) mass is 456 g/mol. The van der Waals surface area contributed by atoms with Crippen molar-refractivity contribution in [1.29, 1.82) is 0 Å². The number of hydrogen-bond acceptors (Lipinski definition) is 4. The molecule has 0 atom stereocenters. The normalized spacial score (nSPS) is 15.3. The van der Waals surface area contributed by atoms with Crippen molar-refractivity contribution in [1.82, 2.24) is 9.80 Å². The molecule has 2 aromatic carbocycles. The van der Waals surface area contributed by atoms with E-state index in [2.05, 4.69) is 0 Å². The van der Waals surface area contributed by atoms with Crippen LogP contribution in [0.15, 0.2) is 48.5 Å². The van der Waals surface area contributed by atoms with Gasteiger partial charge in [-0.15, -0.1) is 0 Å². The van der Waals surface area contributed by atoms with Gasteiger partial charge < -0.3 is 0 Å². The second kappa shape index (κ2) is 8.31. The molecule has 0 spiro atoms. The van der Waals surface area contributed by atoms with E-state index in [9.17, 15) is 19.2 Å². The maximum absolute atomic E-state index is 12.3. The van der Waals surface area contributed by atoms with E-state index >= 15 is 0 Å². The van der Waals surface area contributed by atoms with Crippen LogP contribution in [0.3, 0.4) is 0 Å². The zero-order valence-corrected chi connectivity index (χ0v) is 17.5. The predicted molar refractivity (Wildman–Crippen MR) is 108 cm³/mol. The third-order valence-electron chi connectivity index (χ3n) is 5.10. The van der Waals surface area contributed by atoms with Crippen molar-refractivity contribution in [3.8, 4) is 0 Å². The van der Waals surface area contributed by atoms with Gasteiger partial charge in [-0.3, -0.25) is 0 Å². The molecule has 0 saturated heterocycles. The van der Waals surface area contributed by atoms with Gasteiger partial charge in [-0.25, -0.2) is 0 Å². The molecule has 29 heavy (non-hydrogen) atoms. The van der Waals surface area contributed by atoms with Crippen LogP contribution in [0.2, 0.25) is 10.6 Å². The fraction of sp³-hybridized carbons (Fsp3) is 0.273. The fourth-order valence-electron chi connectivity index (χ4n) is 3.64. The second-order valence-corrected chi connectivity index (χ2v) is 9.50. The van der Waals surface area contributed by atoms with Crippen LogP contribution in [0.4, 0.5) is 0 Å². The summed E-state index contributed by atoms with van der Waals surface area (Å²) in [6, 6.07) is 13.8. The Morgan fingerprint density at radius 2 is 0.862 bits per heavy atom. The molecule has 0 saturated carbocycles. The molecule has 2 aliphatic heterocycles. The number of imide groups is 2. The fourth-order valence-corrected chi connectivity index (χ4v) is 5.46. The van der Waals surface area contributed by atoms with Crippen molar-refractivity contribution in [2.24, 2.45) is 0 Å². The van der Waals surface area contributed by atoms with Crippen molar-refractivity contribution >= 4 is 38.6 Å². The van der Waals surface area contributed by atoms with Gasteiger partial charge in [0, 0.05) is 0 Å². The number of rotatable bonds is 8. The van der Waals surface area contributed by atoms with Crippen LogP contribution in [0.5, 0.6) is 0 Å². The van der Waals surface area contributed by atoms with E-state index in [0.717, 1.165) is 23.5 Å². The molecule has 4 amide bonds. The molecule has 0 N–H and O–H groups in total. The minimum absolute atomic E-state index is 0.205. The maximum atomic E-state index is 12.3. The van der Waals surface area contributed by atoms with Gasteiger partial charge in [-0.05, 0) is 0 Å². The van der Waals surface area contributed by atoms with Gasteiger partial charge in [-0.2, -0.15) is 0 Å². The number of carbonyl (C=O) groups is 4. The molecular formula is C22H20N2O4Se. The molecule has 0 aromatic heterocycles. The second-order valence-electron chi connectivity index (χ2n) is 6.93. The van der Waals surface area contributed by atoms with Gasteiger partial charge in [0.05, 0.1) is 0 Å². The molecule has 0 radical (unpaired) electrons. The molecule has 0 fully saturated rings. The van der Waals surface area contributed by atoms with Gasteiger partial charge in [0.25, 0.3) is 0 Å². The molecule has 4 rings (SSSR count). The quantitative estimate of drug-likeness (QED) is 0.349. The van der Waals surface area contributed by atoms with E-state index in [1.54, 1.807) is 48.5 Å². The molecule has 148 valence electrons. The molecule has 0 unspecified atom stereocenters. The molecule has 0 bridgehead atoms. The Kier molecular flexibility index (Phi) is 5.60. The van der Waals surface area contributed by atoms with Gasteiger partial charge in [0.15, 0.2) is 0 Å². The van der Waals surface area contributed by atoms with Gasteiger partial charge in [0.1, 0.15) is 0 Å². The van der Waals surface area contributed by atoms with Crippen LogP contribution in [0.25, 0.3) is 0 Å².